The number of carbonyl (C=O) groups excluding carboxylic acids is 1. The number of hydrogen-bond donors (Lipinski definition) is 1. The summed E-state index contributed by atoms with van der Waals surface area (Å²) in [4.78, 5) is 17.3. The summed E-state index contributed by atoms with van der Waals surface area (Å²) in [5.74, 6) is -0.0112. The quantitative estimate of drug-likeness (QED) is 0.607. The molecule has 3 aromatic rings. The maximum absolute atomic E-state index is 12.9. The summed E-state index contributed by atoms with van der Waals surface area (Å²) >= 11 is 0. The molecule has 5 nitrogen and oxygen atoms in total. The fourth-order valence-corrected chi connectivity index (χ4v) is 3.38. The number of fused-ring (bicyclic) bond motifs is 1. The Kier molecular flexibility index (Phi) is 6.02. The minimum Gasteiger partial charge on any atom is -0.352 e. The van der Waals surface area contributed by atoms with Crippen molar-refractivity contribution in [1.82, 2.24) is 19.9 Å². The van der Waals surface area contributed by atoms with E-state index in [1.165, 1.54) is 11.1 Å². The highest BCUT2D eigenvalue weighted by Gasteiger charge is 2.22. The van der Waals surface area contributed by atoms with E-state index in [4.69, 9.17) is 0 Å². The van der Waals surface area contributed by atoms with Crippen LogP contribution in [0.15, 0.2) is 36.7 Å². The lowest BCUT2D eigenvalue weighted by molar-refractivity contribution is 0.0953. The van der Waals surface area contributed by atoms with E-state index in [1.807, 2.05) is 42.0 Å². The highest BCUT2D eigenvalue weighted by atomic mass is 16.1. The van der Waals surface area contributed by atoms with Gasteiger partial charge < -0.3 is 5.32 Å². The van der Waals surface area contributed by atoms with Crippen LogP contribution in [0.5, 0.6) is 0 Å². The predicted octanol–water partition coefficient (Wildman–Crippen LogP) is 5.00. The van der Waals surface area contributed by atoms with Crippen LogP contribution in [-0.2, 0) is 17.3 Å². The van der Waals surface area contributed by atoms with Gasteiger partial charge in [0.05, 0.1) is 5.69 Å². The SMILES string of the molecule is Cc1cc2ncc(CCCNC(=O)c3cc(C(C)(C)C)cc(C(C)(C)C)c3)cn2n1. The molecular formula is C25H34N4O. The minimum absolute atomic E-state index is 0.00715. The number of amides is 1. The molecule has 3 rings (SSSR count). The minimum atomic E-state index is -0.0112. The van der Waals surface area contributed by atoms with Gasteiger partial charge in [-0.2, -0.15) is 5.10 Å². The Morgan fingerprint density at radius 2 is 1.63 bits per heavy atom. The second-order valence-electron chi connectivity index (χ2n) is 10.2. The van der Waals surface area contributed by atoms with Gasteiger partial charge in [-0.3, -0.25) is 4.79 Å². The number of aryl methyl sites for hydroxylation is 2. The van der Waals surface area contributed by atoms with Crippen molar-refractivity contribution in [3.8, 4) is 0 Å². The molecule has 2 aromatic heterocycles. The monoisotopic (exact) mass is 406 g/mol. The van der Waals surface area contributed by atoms with Gasteiger partial charge in [0.2, 0.25) is 0 Å². The topological polar surface area (TPSA) is 59.3 Å². The highest BCUT2D eigenvalue weighted by molar-refractivity contribution is 5.94. The van der Waals surface area contributed by atoms with E-state index in [1.54, 1.807) is 0 Å². The number of nitrogens with one attached hydrogen (secondary N) is 1. The molecule has 0 unspecified atom stereocenters. The number of rotatable bonds is 5. The van der Waals surface area contributed by atoms with Gasteiger partial charge >= 0.3 is 0 Å². The zero-order valence-electron chi connectivity index (χ0n) is 19.3. The van der Waals surface area contributed by atoms with Crippen LogP contribution in [0.25, 0.3) is 5.65 Å². The summed E-state index contributed by atoms with van der Waals surface area (Å²) in [5.41, 5.74) is 6.03. The first-order chi connectivity index (χ1) is 13.9. The molecule has 0 spiro atoms. The fraction of sp³-hybridized carbons (Fsp3) is 0.480. The Hall–Kier alpha value is -2.69. The van der Waals surface area contributed by atoms with Crippen LogP contribution < -0.4 is 5.32 Å². The number of carbonyl (C=O) groups is 1. The van der Waals surface area contributed by atoms with Crippen molar-refractivity contribution in [3.05, 3.63) is 64.6 Å². The molecule has 1 N–H and O–H groups in total. The molecule has 0 aliphatic heterocycles. The molecule has 0 fully saturated rings. The Labute approximate surface area is 179 Å². The van der Waals surface area contributed by atoms with Crippen LogP contribution in [0.1, 0.15) is 80.7 Å². The third-order valence-electron chi connectivity index (χ3n) is 5.34. The Balaban J connectivity index is 1.65. The summed E-state index contributed by atoms with van der Waals surface area (Å²) in [6.07, 6.45) is 5.60. The van der Waals surface area contributed by atoms with E-state index >= 15 is 0 Å². The van der Waals surface area contributed by atoms with Crippen LogP contribution in [0.4, 0.5) is 0 Å². The average molecular weight is 407 g/mol. The van der Waals surface area contributed by atoms with E-state index in [9.17, 15) is 4.79 Å². The van der Waals surface area contributed by atoms with Gasteiger partial charge in [-0.15, -0.1) is 0 Å². The van der Waals surface area contributed by atoms with Crippen LogP contribution in [0.3, 0.4) is 0 Å². The molecule has 0 aliphatic rings. The molecule has 0 radical (unpaired) electrons. The standard InChI is InChI=1S/C25H34N4O/c1-17-11-22-27-15-18(16-29(22)28-17)9-8-10-26-23(30)19-12-20(24(2,3)4)14-21(13-19)25(5,6)7/h11-16H,8-10H2,1-7H3,(H,26,30). The van der Waals surface area contributed by atoms with E-state index in [2.05, 4.69) is 63.0 Å². The Bertz CT molecular complexity index is 1020. The summed E-state index contributed by atoms with van der Waals surface area (Å²) in [5, 5.41) is 7.50. The maximum atomic E-state index is 12.9. The van der Waals surface area contributed by atoms with Crippen molar-refractivity contribution in [3.63, 3.8) is 0 Å². The van der Waals surface area contributed by atoms with Crippen molar-refractivity contribution in [2.75, 3.05) is 6.54 Å². The average Bonchev–Trinajstić information content (AvgIpc) is 3.02. The van der Waals surface area contributed by atoms with Gasteiger partial charge in [0, 0.05) is 30.6 Å². The third-order valence-corrected chi connectivity index (χ3v) is 5.34. The summed E-state index contributed by atoms with van der Waals surface area (Å²) in [6, 6.07) is 8.25. The number of benzene rings is 1. The number of aromatic nitrogens is 3. The summed E-state index contributed by atoms with van der Waals surface area (Å²) in [6.45, 7) is 15.7. The molecule has 0 saturated carbocycles. The van der Waals surface area contributed by atoms with E-state index in [0.717, 1.165) is 35.3 Å². The second-order valence-corrected chi connectivity index (χ2v) is 10.2. The van der Waals surface area contributed by atoms with Crippen molar-refractivity contribution in [2.24, 2.45) is 0 Å². The molecule has 0 aliphatic carbocycles. The fourth-order valence-electron chi connectivity index (χ4n) is 3.38. The molecular weight excluding hydrogens is 372 g/mol. The smallest absolute Gasteiger partial charge is 0.251 e. The number of hydrogen-bond acceptors (Lipinski definition) is 3. The van der Waals surface area contributed by atoms with Gasteiger partial charge in [-0.05, 0) is 59.4 Å². The first kappa shape index (κ1) is 22.0. The molecule has 1 amide bonds. The van der Waals surface area contributed by atoms with Crippen LogP contribution >= 0.6 is 0 Å². The van der Waals surface area contributed by atoms with Gasteiger partial charge in [-0.25, -0.2) is 9.50 Å². The van der Waals surface area contributed by atoms with E-state index in [0.29, 0.717) is 6.54 Å². The lowest BCUT2D eigenvalue weighted by atomic mass is 9.79. The summed E-state index contributed by atoms with van der Waals surface area (Å²) < 4.78 is 1.81. The molecule has 2 heterocycles. The van der Waals surface area contributed by atoms with E-state index < -0.39 is 0 Å². The molecule has 160 valence electrons. The third kappa shape index (κ3) is 5.26. The molecule has 0 atom stereocenters. The molecule has 30 heavy (non-hydrogen) atoms. The first-order valence-electron chi connectivity index (χ1n) is 10.7. The van der Waals surface area contributed by atoms with Crippen LogP contribution in [0.2, 0.25) is 0 Å². The summed E-state index contributed by atoms with van der Waals surface area (Å²) in [7, 11) is 0. The van der Waals surface area contributed by atoms with Crippen molar-refractivity contribution in [1.29, 1.82) is 0 Å². The van der Waals surface area contributed by atoms with E-state index in [-0.39, 0.29) is 16.7 Å². The first-order valence-corrected chi connectivity index (χ1v) is 10.7. The lowest BCUT2D eigenvalue weighted by Crippen LogP contribution is -2.26. The Morgan fingerprint density at radius 3 is 2.23 bits per heavy atom. The van der Waals surface area contributed by atoms with Crippen molar-refractivity contribution >= 4 is 11.6 Å². The zero-order valence-corrected chi connectivity index (χ0v) is 19.3. The molecule has 1 aromatic carbocycles. The van der Waals surface area contributed by atoms with Crippen LogP contribution in [0, 0.1) is 6.92 Å². The molecule has 5 heteroatoms. The van der Waals surface area contributed by atoms with Gasteiger partial charge in [0.25, 0.3) is 5.91 Å². The normalized spacial score (nSPS) is 12.4. The second kappa shape index (κ2) is 8.21. The lowest BCUT2D eigenvalue weighted by Gasteiger charge is -2.26. The largest absolute Gasteiger partial charge is 0.352 e. The van der Waals surface area contributed by atoms with Gasteiger partial charge in [0.1, 0.15) is 0 Å². The predicted molar refractivity (Wildman–Crippen MR) is 122 cm³/mol. The van der Waals surface area contributed by atoms with Crippen LogP contribution in [-0.4, -0.2) is 27.0 Å². The van der Waals surface area contributed by atoms with Gasteiger partial charge in [-0.1, -0.05) is 47.6 Å². The maximum Gasteiger partial charge on any atom is 0.251 e. The Morgan fingerprint density at radius 1 is 1.00 bits per heavy atom. The number of nitrogens with zero attached hydrogens (tertiary/aromatic N) is 3. The van der Waals surface area contributed by atoms with Gasteiger partial charge in [0.15, 0.2) is 5.65 Å². The van der Waals surface area contributed by atoms with Crippen molar-refractivity contribution < 1.29 is 4.79 Å². The molecule has 0 bridgehead atoms. The zero-order chi connectivity index (χ0) is 22.1. The highest BCUT2D eigenvalue weighted by Crippen LogP contribution is 2.30. The van der Waals surface area contributed by atoms with Crippen molar-refractivity contribution in [2.45, 2.75) is 72.1 Å². The molecule has 0 saturated heterocycles.